The van der Waals surface area contributed by atoms with Gasteiger partial charge in [-0.3, -0.25) is 4.79 Å². The molecule has 1 amide bonds. The van der Waals surface area contributed by atoms with E-state index in [1.165, 1.54) is 39.9 Å². The van der Waals surface area contributed by atoms with Crippen LogP contribution < -0.4 is 4.80 Å². The molecule has 3 aromatic rings. The topological polar surface area (TPSA) is 81.0 Å². The molecule has 2 heterocycles. The Bertz CT molecular complexity index is 1380. The molecule has 34 heavy (non-hydrogen) atoms. The van der Waals surface area contributed by atoms with Crippen LogP contribution in [0.2, 0.25) is 10.0 Å². The number of carbonyl (C=O) groups is 1. The average molecular weight is 543 g/mol. The first-order valence-corrected chi connectivity index (χ1v) is 13.9. The monoisotopic (exact) mass is 541 g/mol. The van der Waals surface area contributed by atoms with E-state index in [-0.39, 0.29) is 4.90 Å². The summed E-state index contributed by atoms with van der Waals surface area (Å²) in [5.41, 5.74) is 0.991. The molecule has 1 saturated heterocycles. The number of sulfonamides is 1. The van der Waals surface area contributed by atoms with Gasteiger partial charge in [-0.2, -0.15) is 9.30 Å². The van der Waals surface area contributed by atoms with Gasteiger partial charge in [0.25, 0.3) is 5.91 Å². The number of fused-ring (bicyclic) bond motifs is 1. The molecule has 0 bridgehead atoms. The van der Waals surface area contributed by atoms with Gasteiger partial charge in [-0.1, -0.05) is 41.5 Å². The molecule has 0 N–H and O–H groups in total. The first kappa shape index (κ1) is 25.3. The van der Waals surface area contributed by atoms with Crippen molar-refractivity contribution < 1.29 is 17.9 Å². The van der Waals surface area contributed by atoms with Crippen LogP contribution in [0.25, 0.3) is 10.2 Å². The Hall–Kier alpha value is -1.75. The summed E-state index contributed by atoms with van der Waals surface area (Å²) in [5, 5.41) is 0.804. The number of carbonyl (C=O) groups excluding carboxylic acids is 1. The molecule has 2 aromatic carbocycles. The second-order valence-electron chi connectivity index (χ2n) is 8.29. The number of piperidine rings is 1. The number of hydrogen-bond acceptors (Lipinski definition) is 5. The van der Waals surface area contributed by atoms with Crippen molar-refractivity contribution in [2.24, 2.45) is 10.9 Å². The summed E-state index contributed by atoms with van der Waals surface area (Å²) >= 11 is 14.0. The standard InChI is InChI=1S/C23H25Cl2N3O4S2/c1-15-4-3-11-27(14-15)34(30,31)17-7-5-16(6-8-17)22(29)26-23-28(12-13-32-2)21-19(33-23)10-9-18(24)20(21)25/h5-10,15H,3-4,11-14H2,1-2H3. The van der Waals surface area contributed by atoms with E-state index in [0.29, 0.717) is 58.1 Å². The predicted molar refractivity (Wildman–Crippen MR) is 135 cm³/mol. The lowest BCUT2D eigenvalue weighted by molar-refractivity contribution is 0.0997. The van der Waals surface area contributed by atoms with Crippen molar-refractivity contribution in [3.63, 3.8) is 0 Å². The smallest absolute Gasteiger partial charge is 0.279 e. The number of methoxy groups -OCH3 is 1. The summed E-state index contributed by atoms with van der Waals surface area (Å²) in [5.74, 6) is -0.145. The van der Waals surface area contributed by atoms with Gasteiger partial charge in [0.15, 0.2) is 4.80 Å². The molecule has 4 rings (SSSR count). The third-order valence-electron chi connectivity index (χ3n) is 5.81. The highest BCUT2D eigenvalue weighted by Gasteiger charge is 2.28. The normalized spacial score (nSPS) is 18.0. The minimum Gasteiger partial charge on any atom is -0.383 e. The number of amides is 1. The minimum atomic E-state index is -3.59. The van der Waals surface area contributed by atoms with Crippen molar-refractivity contribution >= 4 is 60.7 Å². The van der Waals surface area contributed by atoms with Gasteiger partial charge in [0, 0.05) is 32.3 Å². The quantitative estimate of drug-likeness (QED) is 0.448. The number of benzene rings is 2. The lowest BCUT2D eigenvalue weighted by Crippen LogP contribution is -2.39. The molecule has 11 heteroatoms. The molecule has 0 saturated carbocycles. The van der Waals surface area contributed by atoms with Crippen molar-refractivity contribution in [2.75, 3.05) is 26.8 Å². The molecular formula is C23H25Cl2N3O4S2. The Morgan fingerprint density at radius 3 is 2.62 bits per heavy atom. The third-order valence-corrected chi connectivity index (χ3v) is 9.53. The molecule has 1 fully saturated rings. The molecule has 1 aromatic heterocycles. The zero-order valence-electron chi connectivity index (χ0n) is 18.8. The maximum absolute atomic E-state index is 13.0. The molecule has 0 aliphatic carbocycles. The van der Waals surface area contributed by atoms with Crippen molar-refractivity contribution in [1.29, 1.82) is 0 Å². The molecule has 182 valence electrons. The van der Waals surface area contributed by atoms with Crippen LogP contribution in [0.3, 0.4) is 0 Å². The number of thiazole rings is 1. The highest BCUT2D eigenvalue weighted by Crippen LogP contribution is 2.32. The zero-order chi connectivity index (χ0) is 24.5. The number of nitrogens with zero attached hydrogens (tertiary/aromatic N) is 3. The fraction of sp³-hybridized carbons (Fsp3) is 0.391. The van der Waals surface area contributed by atoms with E-state index in [1.54, 1.807) is 13.2 Å². The van der Waals surface area contributed by atoms with E-state index in [2.05, 4.69) is 11.9 Å². The van der Waals surface area contributed by atoms with Crippen molar-refractivity contribution in [3.05, 3.63) is 56.8 Å². The van der Waals surface area contributed by atoms with Crippen LogP contribution in [0.5, 0.6) is 0 Å². The van der Waals surface area contributed by atoms with E-state index in [1.807, 2.05) is 10.6 Å². The summed E-state index contributed by atoms with van der Waals surface area (Å²) in [4.78, 5) is 17.9. The summed E-state index contributed by atoms with van der Waals surface area (Å²) in [7, 11) is -2.00. The second-order valence-corrected chi connectivity index (χ2v) is 12.0. The summed E-state index contributed by atoms with van der Waals surface area (Å²) in [6, 6.07) is 9.49. The molecule has 7 nitrogen and oxygen atoms in total. The average Bonchev–Trinajstić information content (AvgIpc) is 3.17. The predicted octanol–water partition coefficient (Wildman–Crippen LogP) is 4.82. The van der Waals surface area contributed by atoms with Gasteiger partial charge in [0.05, 0.1) is 31.8 Å². The largest absolute Gasteiger partial charge is 0.383 e. The van der Waals surface area contributed by atoms with E-state index in [9.17, 15) is 13.2 Å². The van der Waals surface area contributed by atoms with Gasteiger partial charge in [-0.15, -0.1) is 0 Å². The molecular weight excluding hydrogens is 517 g/mol. The van der Waals surface area contributed by atoms with Crippen LogP contribution in [0.15, 0.2) is 46.3 Å². The molecule has 1 aliphatic heterocycles. The Kier molecular flexibility index (Phi) is 7.81. The van der Waals surface area contributed by atoms with Crippen LogP contribution in [-0.4, -0.2) is 50.0 Å². The Balaban J connectivity index is 1.66. The van der Waals surface area contributed by atoms with E-state index in [4.69, 9.17) is 27.9 Å². The number of hydrogen-bond donors (Lipinski definition) is 0. The van der Waals surface area contributed by atoms with E-state index in [0.717, 1.165) is 17.5 Å². The van der Waals surface area contributed by atoms with Gasteiger partial charge in [0.2, 0.25) is 10.0 Å². The fourth-order valence-electron chi connectivity index (χ4n) is 4.01. The first-order chi connectivity index (χ1) is 16.2. The molecule has 1 unspecified atom stereocenters. The number of aromatic nitrogens is 1. The third kappa shape index (κ3) is 5.10. The fourth-order valence-corrected chi connectivity index (χ4v) is 7.15. The Morgan fingerprint density at radius 1 is 1.21 bits per heavy atom. The highest BCUT2D eigenvalue weighted by atomic mass is 35.5. The van der Waals surface area contributed by atoms with Gasteiger partial charge in [-0.05, 0) is 55.2 Å². The molecule has 1 aliphatic rings. The van der Waals surface area contributed by atoms with Gasteiger partial charge in [-0.25, -0.2) is 8.42 Å². The minimum absolute atomic E-state index is 0.177. The highest BCUT2D eigenvalue weighted by molar-refractivity contribution is 7.89. The van der Waals surface area contributed by atoms with Crippen LogP contribution >= 0.6 is 34.5 Å². The second kappa shape index (κ2) is 10.5. The summed E-state index contributed by atoms with van der Waals surface area (Å²) in [6.07, 6.45) is 1.88. The number of rotatable bonds is 6. The van der Waals surface area contributed by atoms with Crippen molar-refractivity contribution in [1.82, 2.24) is 8.87 Å². The van der Waals surface area contributed by atoms with Crippen LogP contribution in [0.4, 0.5) is 0 Å². The molecule has 1 atom stereocenters. The van der Waals surface area contributed by atoms with Gasteiger partial charge in [0.1, 0.15) is 0 Å². The number of ether oxygens (including phenoxy) is 1. The van der Waals surface area contributed by atoms with E-state index >= 15 is 0 Å². The summed E-state index contributed by atoms with van der Waals surface area (Å²) in [6.45, 7) is 3.92. The number of halogens is 2. The van der Waals surface area contributed by atoms with Crippen molar-refractivity contribution in [2.45, 2.75) is 31.2 Å². The van der Waals surface area contributed by atoms with Crippen molar-refractivity contribution in [3.8, 4) is 0 Å². The summed E-state index contributed by atoms with van der Waals surface area (Å²) < 4.78 is 35.4. The first-order valence-electron chi connectivity index (χ1n) is 10.9. The zero-order valence-corrected chi connectivity index (χ0v) is 22.0. The maximum Gasteiger partial charge on any atom is 0.279 e. The SMILES string of the molecule is COCCn1c(=NC(=O)c2ccc(S(=O)(=O)N3CCCC(C)C3)cc2)sc2ccc(Cl)c(Cl)c21. The van der Waals surface area contributed by atoms with Crippen LogP contribution in [-0.2, 0) is 21.3 Å². The van der Waals surface area contributed by atoms with E-state index < -0.39 is 15.9 Å². The van der Waals surface area contributed by atoms with Gasteiger partial charge < -0.3 is 9.30 Å². The lowest BCUT2D eigenvalue weighted by atomic mass is 10.0. The van der Waals surface area contributed by atoms with Gasteiger partial charge >= 0.3 is 0 Å². The Morgan fingerprint density at radius 2 is 1.94 bits per heavy atom. The van der Waals surface area contributed by atoms with Crippen LogP contribution in [0.1, 0.15) is 30.1 Å². The molecule has 0 spiro atoms. The molecule has 0 radical (unpaired) electrons. The lowest BCUT2D eigenvalue weighted by Gasteiger charge is -2.30. The van der Waals surface area contributed by atoms with Crippen LogP contribution in [0, 0.1) is 5.92 Å². The Labute approximate surface area is 212 Å². The maximum atomic E-state index is 13.0.